The second-order valence-corrected chi connectivity index (χ2v) is 20.0. The Balaban J connectivity index is 3.45. The maximum atomic E-state index is 12.4. The van der Waals surface area contributed by atoms with Gasteiger partial charge in [-0.1, -0.05) is 262 Å². The van der Waals surface area contributed by atoms with Crippen molar-refractivity contribution < 1.29 is 24.5 Å². The Labute approximate surface area is 416 Å². The Bertz CT molecular complexity index is 1130. The van der Waals surface area contributed by atoms with E-state index < -0.39 is 12.1 Å². The molecule has 0 aliphatic heterocycles. The Morgan fingerprint density at radius 3 is 1.16 bits per heavy atom. The number of carbonyl (C=O) groups is 2. The number of esters is 1. The first-order chi connectivity index (χ1) is 33.0. The number of allylic oxidation sites excluding steroid dienone is 7. The molecular formula is C61H113NO5. The van der Waals surface area contributed by atoms with Crippen molar-refractivity contribution in [3.8, 4) is 0 Å². The lowest BCUT2D eigenvalue weighted by Crippen LogP contribution is -2.45. The van der Waals surface area contributed by atoms with Crippen LogP contribution in [0.3, 0.4) is 0 Å². The summed E-state index contributed by atoms with van der Waals surface area (Å²) in [6, 6.07) is -0.545. The van der Waals surface area contributed by atoms with Gasteiger partial charge in [-0.05, 0) is 77.0 Å². The predicted octanol–water partition coefficient (Wildman–Crippen LogP) is 18.2. The summed E-state index contributed by atoms with van der Waals surface area (Å²) in [7, 11) is 0. The summed E-state index contributed by atoms with van der Waals surface area (Å²) in [6.45, 7) is 4.81. The standard InChI is InChI=1S/C61H113NO5/c1-3-5-7-9-11-13-15-17-18-24-28-31-35-39-43-47-51-55-61(66)67-56-52-48-44-40-36-32-29-26-23-21-19-20-22-25-27-30-34-38-42-46-50-54-60(65)62-58(57-63)59(64)53-49-45-41-37-33-16-14-12-10-8-6-4-2/h11,13,17-18,32,36,44,48,58-59,63-64H,3-10,12,14-16,19-31,33-35,37-43,45-47,49-57H2,1-2H3,(H,62,65)/b13-11-,18-17-,36-32-,48-44-. The second-order valence-electron chi connectivity index (χ2n) is 20.0. The zero-order chi connectivity index (χ0) is 48.6. The van der Waals surface area contributed by atoms with E-state index in [9.17, 15) is 19.8 Å². The summed E-state index contributed by atoms with van der Waals surface area (Å²) >= 11 is 0. The van der Waals surface area contributed by atoms with Crippen LogP contribution < -0.4 is 5.32 Å². The van der Waals surface area contributed by atoms with Gasteiger partial charge < -0.3 is 20.3 Å². The van der Waals surface area contributed by atoms with Gasteiger partial charge >= 0.3 is 5.97 Å². The highest BCUT2D eigenvalue weighted by Gasteiger charge is 2.20. The van der Waals surface area contributed by atoms with Crippen LogP contribution in [0.2, 0.25) is 0 Å². The smallest absolute Gasteiger partial charge is 0.305 e. The molecule has 0 radical (unpaired) electrons. The van der Waals surface area contributed by atoms with Gasteiger partial charge in [0.2, 0.25) is 5.91 Å². The first-order valence-electron chi connectivity index (χ1n) is 29.4. The van der Waals surface area contributed by atoms with Crippen LogP contribution in [0.5, 0.6) is 0 Å². The van der Waals surface area contributed by atoms with Crippen LogP contribution in [-0.2, 0) is 14.3 Å². The third-order valence-electron chi connectivity index (χ3n) is 13.4. The van der Waals surface area contributed by atoms with Crippen molar-refractivity contribution in [2.75, 3.05) is 13.2 Å². The van der Waals surface area contributed by atoms with Gasteiger partial charge in [0.05, 0.1) is 25.4 Å². The van der Waals surface area contributed by atoms with Crippen molar-refractivity contribution in [1.29, 1.82) is 0 Å². The van der Waals surface area contributed by atoms with Crippen LogP contribution in [0.1, 0.15) is 303 Å². The first-order valence-corrected chi connectivity index (χ1v) is 29.4. The fourth-order valence-corrected chi connectivity index (χ4v) is 8.86. The van der Waals surface area contributed by atoms with Gasteiger partial charge in [0.25, 0.3) is 0 Å². The van der Waals surface area contributed by atoms with Gasteiger partial charge in [0, 0.05) is 12.8 Å². The minimum Gasteiger partial charge on any atom is -0.465 e. The zero-order valence-electron chi connectivity index (χ0n) is 44.6. The number of amides is 1. The van der Waals surface area contributed by atoms with Crippen LogP contribution in [0, 0.1) is 0 Å². The van der Waals surface area contributed by atoms with E-state index in [0.717, 1.165) is 57.8 Å². The molecule has 1 amide bonds. The first kappa shape index (κ1) is 64.8. The fourth-order valence-electron chi connectivity index (χ4n) is 8.86. The maximum Gasteiger partial charge on any atom is 0.305 e. The molecule has 6 nitrogen and oxygen atoms in total. The molecule has 0 fully saturated rings. The summed E-state index contributed by atoms with van der Waals surface area (Å²) in [4.78, 5) is 24.5. The van der Waals surface area contributed by atoms with E-state index in [1.165, 1.54) is 212 Å². The highest BCUT2D eigenvalue weighted by Crippen LogP contribution is 2.17. The topological polar surface area (TPSA) is 95.9 Å². The van der Waals surface area contributed by atoms with Gasteiger partial charge in [-0.25, -0.2) is 0 Å². The average molecular weight is 941 g/mol. The number of carbonyl (C=O) groups excluding carboxylic acids is 2. The number of aliphatic hydroxyl groups is 2. The molecule has 392 valence electrons. The quantitative estimate of drug-likeness (QED) is 0.0321. The molecule has 2 unspecified atom stereocenters. The predicted molar refractivity (Wildman–Crippen MR) is 292 cm³/mol. The molecule has 0 spiro atoms. The van der Waals surface area contributed by atoms with E-state index in [2.05, 4.69) is 67.8 Å². The highest BCUT2D eigenvalue weighted by atomic mass is 16.5. The largest absolute Gasteiger partial charge is 0.465 e. The van der Waals surface area contributed by atoms with E-state index in [-0.39, 0.29) is 18.5 Å². The van der Waals surface area contributed by atoms with Crippen LogP contribution in [0.4, 0.5) is 0 Å². The zero-order valence-corrected chi connectivity index (χ0v) is 44.6. The molecule has 0 heterocycles. The third kappa shape index (κ3) is 53.0. The summed E-state index contributed by atoms with van der Waals surface area (Å²) in [5, 5.41) is 23.2. The number of unbranched alkanes of at least 4 members (excludes halogenated alkanes) is 35. The van der Waals surface area contributed by atoms with Crippen LogP contribution in [0.25, 0.3) is 0 Å². The lowest BCUT2D eigenvalue weighted by Gasteiger charge is -2.22. The van der Waals surface area contributed by atoms with E-state index in [1.807, 2.05) is 0 Å². The summed E-state index contributed by atoms with van der Waals surface area (Å²) < 4.78 is 5.42. The number of hydrogen-bond acceptors (Lipinski definition) is 5. The van der Waals surface area contributed by atoms with Crippen molar-refractivity contribution in [2.24, 2.45) is 0 Å². The Hall–Kier alpha value is -2.18. The Morgan fingerprint density at radius 2 is 0.746 bits per heavy atom. The van der Waals surface area contributed by atoms with Gasteiger partial charge in [0.1, 0.15) is 0 Å². The van der Waals surface area contributed by atoms with E-state index in [4.69, 9.17) is 4.74 Å². The maximum absolute atomic E-state index is 12.4. The summed E-state index contributed by atoms with van der Waals surface area (Å²) in [5.74, 6) is -0.0841. The van der Waals surface area contributed by atoms with Crippen molar-refractivity contribution in [2.45, 2.75) is 315 Å². The number of hydrogen-bond donors (Lipinski definition) is 3. The van der Waals surface area contributed by atoms with Crippen molar-refractivity contribution in [3.63, 3.8) is 0 Å². The van der Waals surface area contributed by atoms with Crippen molar-refractivity contribution in [1.82, 2.24) is 5.32 Å². The van der Waals surface area contributed by atoms with Crippen LogP contribution in [-0.4, -0.2) is 47.4 Å². The molecule has 0 aromatic heterocycles. The minimum absolute atomic E-state index is 0.0407. The average Bonchev–Trinajstić information content (AvgIpc) is 3.33. The monoisotopic (exact) mass is 940 g/mol. The van der Waals surface area contributed by atoms with Gasteiger partial charge in [-0.2, -0.15) is 0 Å². The lowest BCUT2D eigenvalue weighted by molar-refractivity contribution is -0.143. The Morgan fingerprint density at radius 1 is 0.418 bits per heavy atom. The number of nitrogens with one attached hydrogen (secondary N) is 1. The van der Waals surface area contributed by atoms with E-state index in [0.29, 0.717) is 25.9 Å². The normalized spacial score (nSPS) is 13.0. The Kier molecular flexibility index (Phi) is 54.6. The molecule has 0 aliphatic carbocycles. The molecule has 67 heavy (non-hydrogen) atoms. The van der Waals surface area contributed by atoms with Gasteiger partial charge in [-0.3, -0.25) is 9.59 Å². The summed E-state index contributed by atoms with van der Waals surface area (Å²) in [5.41, 5.74) is 0. The molecule has 0 aliphatic rings. The van der Waals surface area contributed by atoms with Gasteiger partial charge in [-0.15, -0.1) is 0 Å². The molecule has 0 aromatic rings. The molecular weight excluding hydrogens is 827 g/mol. The number of aliphatic hydroxyl groups excluding tert-OH is 2. The lowest BCUT2D eigenvalue weighted by atomic mass is 10.0. The molecule has 6 heteroatoms. The van der Waals surface area contributed by atoms with E-state index >= 15 is 0 Å². The molecule has 2 atom stereocenters. The van der Waals surface area contributed by atoms with Gasteiger partial charge in [0.15, 0.2) is 0 Å². The minimum atomic E-state index is -0.667. The van der Waals surface area contributed by atoms with Crippen molar-refractivity contribution in [3.05, 3.63) is 48.6 Å². The molecule has 0 aromatic carbocycles. The molecule has 0 saturated heterocycles. The van der Waals surface area contributed by atoms with Crippen LogP contribution in [0.15, 0.2) is 48.6 Å². The number of ether oxygens (including phenoxy) is 1. The van der Waals surface area contributed by atoms with Crippen molar-refractivity contribution >= 4 is 11.9 Å². The molecule has 3 N–H and O–H groups in total. The molecule has 0 rings (SSSR count). The van der Waals surface area contributed by atoms with Crippen LogP contribution >= 0.6 is 0 Å². The number of rotatable bonds is 54. The summed E-state index contributed by atoms with van der Waals surface area (Å²) in [6.07, 6.45) is 71.2. The fraction of sp³-hybridized carbons (Fsp3) is 0.836. The third-order valence-corrected chi connectivity index (χ3v) is 13.4. The molecule has 0 bridgehead atoms. The molecule has 0 saturated carbocycles. The SMILES string of the molecule is CCCCC/C=C\C/C=C\CCCCCCCCCC(=O)OCC/C=C\C/C=C\CCCCCCCCCCCCCCCCC(=O)NC(CO)C(O)CCCCCCCCCCCCCC. The highest BCUT2D eigenvalue weighted by molar-refractivity contribution is 5.76. The second kappa shape index (κ2) is 56.4. The van der Waals surface area contributed by atoms with E-state index in [1.54, 1.807) is 0 Å².